The molecule has 0 aliphatic carbocycles. The maximum absolute atomic E-state index is 12.6. The van der Waals surface area contributed by atoms with Gasteiger partial charge in [-0.25, -0.2) is 4.98 Å². The fourth-order valence-corrected chi connectivity index (χ4v) is 2.99. The van der Waals surface area contributed by atoms with Crippen molar-refractivity contribution < 1.29 is 9.53 Å². The minimum absolute atomic E-state index is 0.0805. The molecule has 1 aliphatic heterocycles. The lowest BCUT2D eigenvalue weighted by Crippen LogP contribution is -2.47. The van der Waals surface area contributed by atoms with Crippen LogP contribution in [0.25, 0.3) is 5.52 Å². The minimum Gasteiger partial charge on any atom is -0.367 e. The zero-order valence-corrected chi connectivity index (χ0v) is 13.9. The Bertz CT molecular complexity index is 700. The lowest BCUT2D eigenvalue weighted by molar-refractivity contribution is -0.134. The van der Waals surface area contributed by atoms with Crippen LogP contribution in [0.3, 0.4) is 0 Å². The second kappa shape index (κ2) is 6.29. The monoisotopic (exact) mass is 316 g/mol. The first kappa shape index (κ1) is 16.0. The Kier molecular flexibility index (Phi) is 4.37. The molecule has 2 N–H and O–H groups in total. The van der Waals surface area contributed by atoms with Gasteiger partial charge in [0.1, 0.15) is 11.9 Å². The second-order valence-corrected chi connectivity index (χ2v) is 6.54. The van der Waals surface area contributed by atoms with Gasteiger partial charge in [-0.05, 0) is 45.4 Å². The molecule has 1 fully saturated rings. The van der Waals surface area contributed by atoms with Gasteiger partial charge in [-0.1, -0.05) is 6.07 Å². The molecule has 0 aromatic carbocycles. The summed E-state index contributed by atoms with van der Waals surface area (Å²) in [6.07, 6.45) is 4.11. The standard InChI is InChI=1S/C17H24N4O2/c1-12-5-4-9-21-13(12)11-19-16(21)17(2,3)20-15(22)14-6-7-18-8-10-23-14/h4-5,9,11,14,18H,6-8,10H2,1-3H3,(H,20,22)/t14-/m0/s1. The van der Waals surface area contributed by atoms with Gasteiger partial charge in [0, 0.05) is 12.7 Å². The number of nitrogens with zero attached hydrogens (tertiary/aromatic N) is 2. The Morgan fingerprint density at radius 3 is 3.13 bits per heavy atom. The Morgan fingerprint density at radius 2 is 2.30 bits per heavy atom. The van der Waals surface area contributed by atoms with Crippen molar-refractivity contribution in [2.45, 2.75) is 38.8 Å². The molecule has 0 bridgehead atoms. The van der Waals surface area contributed by atoms with Crippen molar-refractivity contribution >= 4 is 11.4 Å². The summed E-state index contributed by atoms with van der Waals surface area (Å²) in [5.74, 6) is 0.736. The molecular weight excluding hydrogens is 292 g/mol. The van der Waals surface area contributed by atoms with Crippen LogP contribution in [0.5, 0.6) is 0 Å². The number of hydrogen-bond donors (Lipinski definition) is 2. The number of fused-ring (bicyclic) bond motifs is 1. The van der Waals surface area contributed by atoms with Crippen molar-refractivity contribution in [3.8, 4) is 0 Å². The van der Waals surface area contributed by atoms with Gasteiger partial charge < -0.3 is 19.8 Å². The molecule has 0 saturated carbocycles. The number of aryl methyl sites for hydroxylation is 1. The molecule has 2 aromatic heterocycles. The van der Waals surface area contributed by atoms with E-state index in [1.807, 2.05) is 36.7 Å². The summed E-state index contributed by atoms with van der Waals surface area (Å²) in [5, 5.41) is 6.32. The van der Waals surface area contributed by atoms with E-state index < -0.39 is 11.6 Å². The van der Waals surface area contributed by atoms with Crippen LogP contribution in [0.2, 0.25) is 0 Å². The Labute approximate surface area is 136 Å². The molecule has 124 valence electrons. The third kappa shape index (κ3) is 3.23. The van der Waals surface area contributed by atoms with Gasteiger partial charge in [0.05, 0.1) is 23.9 Å². The highest BCUT2D eigenvalue weighted by atomic mass is 16.5. The van der Waals surface area contributed by atoms with Crippen LogP contribution in [0, 0.1) is 6.92 Å². The van der Waals surface area contributed by atoms with E-state index in [1.54, 1.807) is 0 Å². The van der Waals surface area contributed by atoms with Crippen LogP contribution in [0.15, 0.2) is 24.5 Å². The number of aromatic nitrogens is 2. The van der Waals surface area contributed by atoms with E-state index >= 15 is 0 Å². The molecule has 0 unspecified atom stereocenters. The van der Waals surface area contributed by atoms with Crippen molar-refractivity contribution in [3.05, 3.63) is 35.9 Å². The average Bonchev–Trinajstić information content (AvgIpc) is 2.77. The predicted octanol–water partition coefficient (Wildman–Crippen LogP) is 1.37. The zero-order chi connectivity index (χ0) is 16.4. The fourth-order valence-electron chi connectivity index (χ4n) is 2.99. The number of imidazole rings is 1. The summed E-state index contributed by atoms with van der Waals surface area (Å²) in [4.78, 5) is 17.1. The molecule has 3 heterocycles. The third-order valence-electron chi connectivity index (χ3n) is 4.25. The van der Waals surface area contributed by atoms with E-state index in [2.05, 4.69) is 28.6 Å². The van der Waals surface area contributed by atoms with E-state index in [0.717, 1.165) is 30.0 Å². The number of pyridine rings is 1. The summed E-state index contributed by atoms with van der Waals surface area (Å²) in [5.41, 5.74) is 1.63. The Hall–Kier alpha value is -1.92. The maximum atomic E-state index is 12.6. The van der Waals surface area contributed by atoms with Crippen molar-refractivity contribution in [1.29, 1.82) is 0 Å². The number of carbonyl (C=O) groups excluding carboxylic acids is 1. The largest absolute Gasteiger partial charge is 0.367 e. The van der Waals surface area contributed by atoms with Crippen molar-refractivity contribution in [3.63, 3.8) is 0 Å². The predicted molar refractivity (Wildman–Crippen MR) is 88.3 cm³/mol. The van der Waals surface area contributed by atoms with Crippen LogP contribution >= 0.6 is 0 Å². The van der Waals surface area contributed by atoms with Gasteiger partial charge >= 0.3 is 0 Å². The van der Waals surface area contributed by atoms with E-state index in [0.29, 0.717) is 13.0 Å². The molecule has 1 amide bonds. The summed E-state index contributed by atoms with van der Waals surface area (Å²) in [6, 6.07) is 4.05. The summed E-state index contributed by atoms with van der Waals surface area (Å²) in [6.45, 7) is 8.14. The van der Waals surface area contributed by atoms with Crippen molar-refractivity contribution in [2.24, 2.45) is 0 Å². The average molecular weight is 316 g/mol. The molecule has 6 nitrogen and oxygen atoms in total. The number of hydrogen-bond acceptors (Lipinski definition) is 4. The molecule has 0 radical (unpaired) electrons. The van der Waals surface area contributed by atoms with Crippen LogP contribution in [-0.4, -0.2) is 41.1 Å². The maximum Gasteiger partial charge on any atom is 0.249 e. The summed E-state index contributed by atoms with van der Waals surface area (Å²) >= 11 is 0. The summed E-state index contributed by atoms with van der Waals surface area (Å²) in [7, 11) is 0. The van der Waals surface area contributed by atoms with E-state index in [-0.39, 0.29) is 5.91 Å². The number of ether oxygens (including phenoxy) is 1. The minimum atomic E-state index is -0.583. The highest BCUT2D eigenvalue weighted by Crippen LogP contribution is 2.22. The molecule has 6 heteroatoms. The molecule has 23 heavy (non-hydrogen) atoms. The topological polar surface area (TPSA) is 67.7 Å². The van der Waals surface area contributed by atoms with Crippen LogP contribution < -0.4 is 10.6 Å². The van der Waals surface area contributed by atoms with Gasteiger partial charge in [-0.3, -0.25) is 4.79 Å². The Balaban J connectivity index is 1.82. The first-order valence-electron chi connectivity index (χ1n) is 8.06. The van der Waals surface area contributed by atoms with Gasteiger partial charge in [-0.15, -0.1) is 0 Å². The first-order valence-corrected chi connectivity index (χ1v) is 8.06. The zero-order valence-electron chi connectivity index (χ0n) is 13.9. The normalized spacial score (nSPS) is 19.5. The smallest absolute Gasteiger partial charge is 0.249 e. The number of amides is 1. The van der Waals surface area contributed by atoms with E-state index in [1.165, 1.54) is 0 Å². The van der Waals surface area contributed by atoms with Crippen LogP contribution in [0.4, 0.5) is 0 Å². The van der Waals surface area contributed by atoms with Gasteiger partial charge in [-0.2, -0.15) is 0 Å². The van der Waals surface area contributed by atoms with Gasteiger partial charge in [0.25, 0.3) is 0 Å². The SMILES string of the molecule is Cc1cccn2c(C(C)(C)NC(=O)[C@@H]3CCNCCO3)ncc12. The first-order chi connectivity index (χ1) is 11.0. The van der Waals surface area contributed by atoms with Crippen molar-refractivity contribution in [1.82, 2.24) is 20.0 Å². The molecule has 1 saturated heterocycles. The van der Waals surface area contributed by atoms with Gasteiger partial charge in [0.2, 0.25) is 5.91 Å². The van der Waals surface area contributed by atoms with Crippen LogP contribution in [-0.2, 0) is 15.1 Å². The van der Waals surface area contributed by atoms with E-state index in [4.69, 9.17) is 4.74 Å². The molecule has 1 atom stereocenters. The molecule has 1 aliphatic rings. The highest BCUT2D eigenvalue weighted by Gasteiger charge is 2.31. The number of rotatable bonds is 3. The third-order valence-corrected chi connectivity index (χ3v) is 4.25. The quantitative estimate of drug-likeness (QED) is 0.897. The van der Waals surface area contributed by atoms with Gasteiger partial charge in [0.15, 0.2) is 0 Å². The Morgan fingerprint density at radius 1 is 1.48 bits per heavy atom. The number of carbonyl (C=O) groups is 1. The lowest BCUT2D eigenvalue weighted by atomic mass is 10.0. The molecule has 0 spiro atoms. The van der Waals surface area contributed by atoms with Crippen LogP contribution in [0.1, 0.15) is 31.7 Å². The van der Waals surface area contributed by atoms with Crippen molar-refractivity contribution in [2.75, 3.05) is 19.7 Å². The molecule has 3 rings (SSSR count). The van der Waals surface area contributed by atoms with E-state index in [9.17, 15) is 4.79 Å². The highest BCUT2D eigenvalue weighted by molar-refractivity contribution is 5.81. The lowest BCUT2D eigenvalue weighted by Gasteiger charge is -2.27. The summed E-state index contributed by atoms with van der Waals surface area (Å²) < 4.78 is 7.67. The molecular formula is C17H24N4O2. The fraction of sp³-hybridized carbons (Fsp3) is 0.529. The number of nitrogens with one attached hydrogen (secondary N) is 2. The molecule has 2 aromatic rings. The second-order valence-electron chi connectivity index (χ2n) is 6.54.